The SMILES string of the molecule is Cc1nn(C)c(COc2ccc(C#N)cc2F)c1Br. The second-order valence-corrected chi connectivity index (χ2v) is 4.81. The molecule has 1 heterocycles. The first-order valence-corrected chi connectivity index (χ1v) is 6.32. The first-order valence-electron chi connectivity index (χ1n) is 5.53. The Morgan fingerprint density at radius 3 is 2.79 bits per heavy atom. The average Bonchev–Trinajstić information content (AvgIpc) is 2.62. The summed E-state index contributed by atoms with van der Waals surface area (Å²) in [6, 6.07) is 5.99. The van der Waals surface area contributed by atoms with Crippen LogP contribution in [0.1, 0.15) is 17.0 Å². The molecule has 1 aromatic carbocycles. The van der Waals surface area contributed by atoms with Crippen LogP contribution in [-0.2, 0) is 13.7 Å². The minimum absolute atomic E-state index is 0.116. The highest BCUT2D eigenvalue weighted by Crippen LogP contribution is 2.23. The van der Waals surface area contributed by atoms with Gasteiger partial charge in [-0.2, -0.15) is 10.4 Å². The number of halogens is 2. The molecule has 0 radical (unpaired) electrons. The molecule has 0 saturated heterocycles. The van der Waals surface area contributed by atoms with E-state index >= 15 is 0 Å². The van der Waals surface area contributed by atoms with Gasteiger partial charge in [0.1, 0.15) is 6.61 Å². The van der Waals surface area contributed by atoms with Crippen molar-refractivity contribution in [2.24, 2.45) is 7.05 Å². The molecule has 0 aliphatic rings. The smallest absolute Gasteiger partial charge is 0.166 e. The zero-order valence-corrected chi connectivity index (χ0v) is 12.0. The second-order valence-electron chi connectivity index (χ2n) is 4.02. The minimum Gasteiger partial charge on any atom is -0.484 e. The molecule has 1 aromatic heterocycles. The fourth-order valence-electron chi connectivity index (χ4n) is 1.67. The van der Waals surface area contributed by atoms with E-state index in [0.29, 0.717) is 0 Å². The van der Waals surface area contributed by atoms with Gasteiger partial charge in [0.15, 0.2) is 11.6 Å². The summed E-state index contributed by atoms with van der Waals surface area (Å²) in [7, 11) is 1.80. The predicted molar refractivity (Wildman–Crippen MR) is 71.1 cm³/mol. The lowest BCUT2D eigenvalue weighted by Gasteiger charge is -2.08. The number of benzene rings is 1. The molecular formula is C13H11BrFN3O. The Labute approximate surface area is 118 Å². The minimum atomic E-state index is -0.547. The highest BCUT2D eigenvalue weighted by Gasteiger charge is 2.12. The summed E-state index contributed by atoms with van der Waals surface area (Å²) in [5, 5.41) is 12.9. The van der Waals surface area contributed by atoms with Crippen molar-refractivity contribution in [3.8, 4) is 11.8 Å². The van der Waals surface area contributed by atoms with E-state index in [2.05, 4.69) is 21.0 Å². The monoisotopic (exact) mass is 323 g/mol. The van der Waals surface area contributed by atoms with E-state index in [1.54, 1.807) is 11.7 Å². The summed E-state index contributed by atoms with van der Waals surface area (Å²) in [4.78, 5) is 0. The number of ether oxygens (including phenoxy) is 1. The van der Waals surface area contributed by atoms with Gasteiger partial charge in [-0.15, -0.1) is 0 Å². The van der Waals surface area contributed by atoms with Gasteiger partial charge in [-0.25, -0.2) is 4.39 Å². The maximum absolute atomic E-state index is 13.6. The van der Waals surface area contributed by atoms with Crippen LogP contribution in [0.15, 0.2) is 22.7 Å². The topological polar surface area (TPSA) is 50.8 Å². The van der Waals surface area contributed by atoms with E-state index in [4.69, 9.17) is 10.00 Å². The summed E-state index contributed by atoms with van der Waals surface area (Å²) >= 11 is 3.42. The Kier molecular flexibility index (Phi) is 3.86. The fraction of sp³-hybridized carbons (Fsp3) is 0.231. The van der Waals surface area contributed by atoms with Gasteiger partial charge in [0.25, 0.3) is 0 Å². The molecule has 0 saturated carbocycles. The maximum atomic E-state index is 13.6. The molecule has 6 heteroatoms. The Hall–Kier alpha value is -1.87. The van der Waals surface area contributed by atoms with Gasteiger partial charge in [0.05, 0.1) is 27.5 Å². The number of aryl methyl sites for hydroxylation is 2. The summed E-state index contributed by atoms with van der Waals surface area (Å²) in [5.41, 5.74) is 1.94. The number of rotatable bonds is 3. The summed E-state index contributed by atoms with van der Waals surface area (Å²) < 4.78 is 21.6. The van der Waals surface area contributed by atoms with Crippen molar-refractivity contribution < 1.29 is 9.13 Å². The van der Waals surface area contributed by atoms with Crippen LogP contribution < -0.4 is 4.74 Å². The van der Waals surface area contributed by atoms with E-state index in [0.717, 1.165) is 21.9 Å². The Bertz CT molecular complexity index is 661. The third-order valence-corrected chi connectivity index (χ3v) is 3.72. The molecular weight excluding hydrogens is 313 g/mol. The highest BCUT2D eigenvalue weighted by atomic mass is 79.9. The number of nitrogens with zero attached hydrogens (tertiary/aromatic N) is 3. The number of hydrogen-bond acceptors (Lipinski definition) is 3. The van der Waals surface area contributed by atoms with Crippen LogP contribution in [0.25, 0.3) is 0 Å². The van der Waals surface area contributed by atoms with Crippen molar-refractivity contribution in [1.29, 1.82) is 5.26 Å². The van der Waals surface area contributed by atoms with E-state index < -0.39 is 5.82 Å². The average molecular weight is 324 g/mol. The van der Waals surface area contributed by atoms with Crippen LogP contribution in [0.2, 0.25) is 0 Å². The lowest BCUT2D eigenvalue weighted by molar-refractivity contribution is 0.279. The van der Waals surface area contributed by atoms with Gasteiger partial charge in [-0.3, -0.25) is 4.68 Å². The largest absolute Gasteiger partial charge is 0.484 e. The van der Waals surface area contributed by atoms with E-state index in [1.807, 2.05) is 13.0 Å². The third kappa shape index (κ3) is 2.76. The first-order chi connectivity index (χ1) is 9.02. The summed E-state index contributed by atoms with van der Waals surface area (Å²) in [6.45, 7) is 2.07. The molecule has 0 spiro atoms. The molecule has 0 atom stereocenters. The third-order valence-electron chi connectivity index (χ3n) is 2.69. The molecule has 0 fully saturated rings. The molecule has 0 bridgehead atoms. The number of aromatic nitrogens is 2. The van der Waals surface area contributed by atoms with Crippen molar-refractivity contribution in [3.05, 3.63) is 45.4 Å². The highest BCUT2D eigenvalue weighted by molar-refractivity contribution is 9.10. The number of hydrogen-bond donors (Lipinski definition) is 0. The Morgan fingerprint density at radius 2 is 2.26 bits per heavy atom. The quantitative estimate of drug-likeness (QED) is 0.872. The predicted octanol–water partition coefficient (Wildman–Crippen LogP) is 3.08. The number of nitriles is 1. The lowest BCUT2D eigenvalue weighted by Crippen LogP contribution is -2.04. The summed E-state index contributed by atoms with van der Waals surface area (Å²) in [6.07, 6.45) is 0. The van der Waals surface area contributed by atoms with Crippen LogP contribution in [0.5, 0.6) is 5.75 Å². The normalized spacial score (nSPS) is 10.3. The van der Waals surface area contributed by atoms with Gasteiger partial charge in [0.2, 0.25) is 0 Å². The van der Waals surface area contributed by atoms with Gasteiger partial charge >= 0.3 is 0 Å². The van der Waals surface area contributed by atoms with Crippen molar-refractivity contribution in [2.75, 3.05) is 0 Å². The van der Waals surface area contributed by atoms with Crippen LogP contribution in [0.4, 0.5) is 4.39 Å². The fourth-order valence-corrected chi connectivity index (χ4v) is 2.12. The van der Waals surface area contributed by atoms with Crippen LogP contribution in [0.3, 0.4) is 0 Å². The van der Waals surface area contributed by atoms with Crippen molar-refractivity contribution in [2.45, 2.75) is 13.5 Å². The summed E-state index contributed by atoms with van der Waals surface area (Å²) in [5.74, 6) is -0.432. The molecule has 0 unspecified atom stereocenters. The van der Waals surface area contributed by atoms with E-state index in [-0.39, 0.29) is 17.9 Å². The molecule has 2 aromatic rings. The van der Waals surface area contributed by atoms with Gasteiger partial charge in [-0.05, 0) is 41.1 Å². The Balaban J connectivity index is 2.17. The first kappa shape index (κ1) is 13.6. The molecule has 0 aliphatic heterocycles. The molecule has 4 nitrogen and oxygen atoms in total. The second kappa shape index (κ2) is 5.41. The van der Waals surface area contributed by atoms with Crippen LogP contribution >= 0.6 is 15.9 Å². The van der Waals surface area contributed by atoms with Crippen molar-refractivity contribution in [1.82, 2.24) is 9.78 Å². The van der Waals surface area contributed by atoms with Gasteiger partial charge in [0, 0.05) is 7.05 Å². The molecule has 0 N–H and O–H groups in total. The molecule has 2 rings (SSSR count). The van der Waals surface area contributed by atoms with Gasteiger partial charge in [-0.1, -0.05) is 0 Å². The van der Waals surface area contributed by atoms with Crippen LogP contribution in [-0.4, -0.2) is 9.78 Å². The molecule has 0 amide bonds. The zero-order valence-electron chi connectivity index (χ0n) is 10.4. The lowest BCUT2D eigenvalue weighted by atomic mass is 10.2. The Morgan fingerprint density at radius 1 is 1.53 bits per heavy atom. The molecule has 0 aliphatic carbocycles. The van der Waals surface area contributed by atoms with Crippen LogP contribution in [0, 0.1) is 24.1 Å². The standard InChI is InChI=1S/C13H11BrFN3O/c1-8-13(14)11(18(2)17-8)7-19-12-4-3-9(6-16)5-10(12)15/h3-5H,7H2,1-2H3. The van der Waals surface area contributed by atoms with Crippen molar-refractivity contribution >= 4 is 15.9 Å². The zero-order chi connectivity index (χ0) is 14.0. The van der Waals surface area contributed by atoms with E-state index in [9.17, 15) is 4.39 Å². The molecule has 98 valence electrons. The van der Waals surface area contributed by atoms with Gasteiger partial charge < -0.3 is 4.74 Å². The van der Waals surface area contributed by atoms with Crippen molar-refractivity contribution in [3.63, 3.8) is 0 Å². The molecule has 19 heavy (non-hydrogen) atoms. The maximum Gasteiger partial charge on any atom is 0.166 e. The van der Waals surface area contributed by atoms with E-state index in [1.165, 1.54) is 12.1 Å².